The monoisotopic (exact) mass is 392 g/mol. The van der Waals surface area contributed by atoms with Gasteiger partial charge in [0.1, 0.15) is 6.10 Å². The molecule has 0 spiro atoms. The van der Waals surface area contributed by atoms with Gasteiger partial charge in [0, 0.05) is 16.9 Å². The minimum atomic E-state index is -0.293. The molecule has 2 saturated carbocycles. The zero-order valence-corrected chi connectivity index (χ0v) is 15.6. The smallest absolute Gasteiger partial charge is 0.238 e. The molecule has 3 fully saturated rings. The first-order valence-electron chi connectivity index (χ1n) is 9.57. The molecule has 0 aromatic heterocycles. The maximum absolute atomic E-state index is 13.3. The highest BCUT2D eigenvalue weighted by atomic mass is 35.5. The molecule has 6 heteroatoms. The van der Waals surface area contributed by atoms with E-state index in [4.69, 9.17) is 16.4 Å². The molecule has 28 heavy (non-hydrogen) atoms. The summed E-state index contributed by atoms with van der Waals surface area (Å²) in [6.45, 7) is 0. The fourth-order valence-corrected chi connectivity index (χ4v) is 5.94. The van der Waals surface area contributed by atoms with Crippen molar-refractivity contribution in [2.75, 3.05) is 4.90 Å². The van der Waals surface area contributed by atoms with E-state index >= 15 is 0 Å². The third kappa shape index (κ3) is 2.00. The van der Waals surface area contributed by atoms with Gasteiger partial charge in [-0.25, -0.2) is 0 Å². The Bertz CT molecular complexity index is 1020. The summed E-state index contributed by atoms with van der Waals surface area (Å²) in [5.41, 5.74) is 2.51. The van der Waals surface area contributed by atoms with E-state index in [-0.39, 0.29) is 47.5 Å². The minimum absolute atomic E-state index is 0.0405. The zero-order chi connectivity index (χ0) is 19.0. The van der Waals surface area contributed by atoms with Gasteiger partial charge in [-0.2, -0.15) is 0 Å². The van der Waals surface area contributed by atoms with Crippen molar-refractivity contribution in [2.45, 2.75) is 12.5 Å². The van der Waals surface area contributed by atoms with Crippen LogP contribution in [-0.2, 0) is 14.4 Å². The Morgan fingerprint density at radius 1 is 0.893 bits per heavy atom. The van der Waals surface area contributed by atoms with Gasteiger partial charge >= 0.3 is 0 Å². The molecule has 2 aromatic carbocycles. The predicted molar refractivity (Wildman–Crippen MR) is 104 cm³/mol. The second kappa shape index (κ2) is 5.67. The van der Waals surface area contributed by atoms with Crippen LogP contribution in [0.15, 0.2) is 59.8 Å². The quantitative estimate of drug-likeness (QED) is 0.735. The Hall–Kier alpha value is -2.66. The minimum Gasteiger partial charge on any atom is -0.391 e. The average Bonchev–Trinajstić information content (AvgIpc) is 3.44. The number of amides is 2. The topological polar surface area (TPSA) is 59.0 Å². The van der Waals surface area contributed by atoms with Crippen LogP contribution in [0.25, 0.3) is 0 Å². The third-order valence-corrected chi connectivity index (χ3v) is 7.10. The lowest BCUT2D eigenvalue weighted by molar-refractivity contribution is -0.125. The Morgan fingerprint density at radius 3 is 2.29 bits per heavy atom. The number of nitrogens with zero attached hydrogens (tertiary/aromatic N) is 2. The van der Waals surface area contributed by atoms with Crippen molar-refractivity contribution in [2.24, 2.45) is 34.7 Å². The Morgan fingerprint density at radius 2 is 1.57 bits per heavy atom. The summed E-state index contributed by atoms with van der Waals surface area (Å²) < 4.78 is 0. The van der Waals surface area contributed by atoms with Crippen LogP contribution in [0, 0.1) is 29.6 Å². The van der Waals surface area contributed by atoms with Crippen molar-refractivity contribution in [3.63, 3.8) is 0 Å². The summed E-state index contributed by atoms with van der Waals surface area (Å²) in [5, 5.41) is 5.02. The van der Waals surface area contributed by atoms with Crippen molar-refractivity contribution >= 4 is 34.8 Å². The summed E-state index contributed by atoms with van der Waals surface area (Å²) in [6, 6.07) is 16.8. The molecule has 0 radical (unpaired) electrons. The number of fused-ring (bicyclic) bond motifs is 8. The Balaban J connectivity index is 1.36. The van der Waals surface area contributed by atoms with Crippen molar-refractivity contribution in [3.05, 3.63) is 65.2 Å². The molecule has 2 aliphatic heterocycles. The van der Waals surface area contributed by atoms with Crippen molar-refractivity contribution in [3.8, 4) is 0 Å². The summed E-state index contributed by atoms with van der Waals surface area (Å²) in [7, 11) is 0. The number of para-hydroxylation sites is 1. The normalized spacial score (nSPS) is 35.0. The molecule has 1 saturated heterocycles. The lowest BCUT2D eigenvalue weighted by Crippen LogP contribution is -2.41. The Kier molecular flexibility index (Phi) is 3.30. The number of oxime groups is 1. The van der Waals surface area contributed by atoms with Crippen LogP contribution in [0.4, 0.5) is 5.69 Å². The molecule has 2 aromatic rings. The first kappa shape index (κ1) is 16.3. The van der Waals surface area contributed by atoms with Gasteiger partial charge in [0.25, 0.3) is 0 Å². The van der Waals surface area contributed by atoms with Crippen molar-refractivity contribution in [1.29, 1.82) is 0 Å². The average molecular weight is 393 g/mol. The molecule has 2 amide bonds. The van der Waals surface area contributed by atoms with Gasteiger partial charge in [-0.05, 0) is 42.2 Å². The first-order chi connectivity index (χ1) is 13.6. The van der Waals surface area contributed by atoms with Crippen molar-refractivity contribution in [1.82, 2.24) is 0 Å². The van der Waals surface area contributed by atoms with Gasteiger partial charge in [0.15, 0.2) is 0 Å². The van der Waals surface area contributed by atoms with Gasteiger partial charge in [-0.15, -0.1) is 0 Å². The second-order valence-electron chi connectivity index (χ2n) is 8.04. The SMILES string of the molecule is O=C1[C@@H]2[C@H]3C[C@@H]([C@H]4ON=C(c5ccc(Cl)cc5)[C@@H]34)[C@H]2C(=O)N1c1ccccc1. The fraction of sp³-hybridized carbons (Fsp3) is 0.318. The zero-order valence-electron chi connectivity index (χ0n) is 14.9. The maximum atomic E-state index is 13.3. The van der Waals surface area contributed by atoms with Gasteiger partial charge in [0.2, 0.25) is 11.8 Å². The molecule has 2 heterocycles. The van der Waals surface area contributed by atoms with E-state index in [0.717, 1.165) is 17.7 Å². The molecule has 5 nitrogen and oxygen atoms in total. The molecule has 0 unspecified atom stereocenters. The number of hydrogen-bond acceptors (Lipinski definition) is 4. The number of carbonyl (C=O) groups is 2. The summed E-state index contributed by atoms with van der Waals surface area (Å²) in [6.07, 6.45) is 0.724. The molecular weight excluding hydrogens is 376 g/mol. The number of imide groups is 1. The first-order valence-corrected chi connectivity index (χ1v) is 9.95. The third-order valence-electron chi connectivity index (χ3n) is 6.84. The van der Waals surface area contributed by atoms with Crippen LogP contribution < -0.4 is 4.90 Å². The highest BCUT2D eigenvalue weighted by Crippen LogP contribution is 2.62. The summed E-state index contributed by atoms with van der Waals surface area (Å²) >= 11 is 6.02. The molecular formula is C22H17ClN2O3. The van der Waals surface area contributed by atoms with E-state index < -0.39 is 0 Å². The van der Waals surface area contributed by atoms with Crippen LogP contribution in [-0.4, -0.2) is 23.6 Å². The van der Waals surface area contributed by atoms with E-state index in [0.29, 0.717) is 10.7 Å². The number of carbonyl (C=O) groups excluding carboxylic acids is 2. The van der Waals surface area contributed by atoms with E-state index in [1.54, 1.807) is 0 Å². The lowest BCUT2D eigenvalue weighted by atomic mass is 9.71. The highest BCUT2D eigenvalue weighted by molar-refractivity contribution is 6.30. The van der Waals surface area contributed by atoms with E-state index in [1.807, 2.05) is 54.6 Å². The molecule has 2 aliphatic carbocycles. The van der Waals surface area contributed by atoms with Gasteiger partial charge < -0.3 is 4.84 Å². The number of halogens is 1. The van der Waals surface area contributed by atoms with Crippen LogP contribution in [0.1, 0.15) is 12.0 Å². The fourth-order valence-electron chi connectivity index (χ4n) is 5.82. The van der Waals surface area contributed by atoms with Crippen LogP contribution in [0.3, 0.4) is 0 Å². The van der Waals surface area contributed by atoms with Gasteiger partial charge in [0.05, 0.1) is 23.2 Å². The number of rotatable bonds is 2. The van der Waals surface area contributed by atoms with E-state index in [9.17, 15) is 9.59 Å². The molecule has 4 aliphatic rings. The summed E-state index contributed by atoms with van der Waals surface area (Å²) in [4.78, 5) is 33.6. The van der Waals surface area contributed by atoms with Crippen LogP contribution in [0.5, 0.6) is 0 Å². The van der Waals surface area contributed by atoms with Gasteiger partial charge in [-0.1, -0.05) is 47.1 Å². The van der Waals surface area contributed by atoms with Crippen molar-refractivity contribution < 1.29 is 14.4 Å². The number of benzene rings is 2. The van der Waals surface area contributed by atoms with Crippen LogP contribution >= 0.6 is 11.6 Å². The van der Waals surface area contributed by atoms with E-state index in [2.05, 4.69) is 5.16 Å². The summed E-state index contributed by atoms with van der Waals surface area (Å²) in [5.74, 6) is -0.553. The largest absolute Gasteiger partial charge is 0.391 e. The second-order valence-corrected chi connectivity index (χ2v) is 8.48. The molecule has 140 valence electrons. The number of hydrogen-bond donors (Lipinski definition) is 0. The maximum Gasteiger partial charge on any atom is 0.238 e. The lowest BCUT2D eigenvalue weighted by Gasteiger charge is -2.29. The molecule has 2 bridgehead atoms. The Labute approximate surface area is 166 Å². The van der Waals surface area contributed by atoms with Gasteiger partial charge in [-0.3, -0.25) is 14.5 Å². The molecule has 6 atom stereocenters. The van der Waals surface area contributed by atoms with Crippen LogP contribution in [0.2, 0.25) is 5.02 Å². The predicted octanol–water partition coefficient (Wildman–Crippen LogP) is 3.51. The van der Waals surface area contributed by atoms with E-state index in [1.165, 1.54) is 4.90 Å². The standard InChI is InChI=1S/C22H17ClN2O3/c23-12-8-6-11(7-9-12)19-18-14-10-15(20(18)28-24-19)17-16(14)21(26)25(22(17)27)13-4-2-1-3-5-13/h1-9,14-18,20H,10H2/t14-,15-,16-,17-,18-,20-/m1/s1. The number of anilines is 1. The molecule has 0 N–H and O–H groups in total. The molecule has 6 rings (SSSR count). The highest BCUT2D eigenvalue weighted by Gasteiger charge is 2.70.